The minimum Gasteiger partial charge on any atom is -0.391 e. The van der Waals surface area contributed by atoms with Gasteiger partial charge in [-0.3, -0.25) is 0 Å². The summed E-state index contributed by atoms with van der Waals surface area (Å²) in [5.41, 5.74) is 0.444. The van der Waals surface area contributed by atoms with Gasteiger partial charge in [-0.15, -0.1) is 11.3 Å². The highest BCUT2D eigenvalue weighted by Gasteiger charge is 2.21. The number of thiophene rings is 1. The summed E-state index contributed by atoms with van der Waals surface area (Å²) in [7, 11) is -3.53. The molecule has 0 amide bonds. The first-order valence-electron chi connectivity index (χ1n) is 9.23. The third-order valence-electron chi connectivity index (χ3n) is 4.58. The Morgan fingerprint density at radius 1 is 1.07 bits per heavy atom. The van der Waals surface area contributed by atoms with Crippen molar-refractivity contribution in [2.75, 3.05) is 31.2 Å². The van der Waals surface area contributed by atoms with Crippen molar-refractivity contribution < 1.29 is 18.3 Å². The van der Waals surface area contributed by atoms with Crippen LogP contribution in [0.2, 0.25) is 0 Å². The van der Waals surface area contributed by atoms with E-state index in [9.17, 15) is 13.5 Å². The Bertz CT molecular complexity index is 1080. The average molecular weight is 432 g/mol. The molecule has 0 unspecified atom stereocenters. The molecule has 4 rings (SSSR count). The fraction of sp³-hybridized carbons (Fsp3) is 0.300. The molecule has 7 nitrogen and oxygen atoms in total. The molecule has 1 aliphatic heterocycles. The zero-order chi connectivity index (χ0) is 20.3. The number of sulfone groups is 1. The summed E-state index contributed by atoms with van der Waals surface area (Å²) in [6.45, 7) is 2.53. The average Bonchev–Trinajstić information content (AvgIpc) is 3.24. The molecule has 0 spiro atoms. The number of anilines is 1. The molecule has 29 heavy (non-hydrogen) atoms. The van der Waals surface area contributed by atoms with Crippen LogP contribution in [0.4, 0.5) is 5.82 Å². The second-order valence-corrected chi connectivity index (χ2v) is 9.79. The van der Waals surface area contributed by atoms with Gasteiger partial charge in [0.2, 0.25) is 0 Å². The van der Waals surface area contributed by atoms with Gasteiger partial charge < -0.3 is 14.7 Å². The molecule has 0 saturated carbocycles. The highest BCUT2D eigenvalue weighted by Crippen LogP contribution is 2.28. The third-order valence-corrected chi connectivity index (χ3v) is 7.31. The van der Waals surface area contributed by atoms with E-state index in [1.165, 1.54) is 11.3 Å². The maximum Gasteiger partial charge on any atom is 0.184 e. The fourth-order valence-electron chi connectivity index (χ4n) is 3.11. The molecule has 1 saturated heterocycles. The lowest BCUT2D eigenvalue weighted by Gasteiger charge is -2.28. The fourth-order valence-corrected chi connectivity index (χ4v) is 5.19. The van der Waals surface area contributed by atoms with Gasteiger partial charge in [-0.2, -0.15) is 0 Å². The number of hydrogen-bond donors (Lipinski definition) is 1. The number of aromatic nitrogens is 2. The number of morpholine rings is 1. The summed E-state index contributed by atoms with van der Waals surface area (Å²) in [5, 5.41) is 9.36. The standard InChI is InChI=1S/C20H21N3O4S2/c24-13-16-6-7-18(28-16)20-21-15(12-19(22-20)23-8-10-27-11-9-23)14-29(25,26)17-4-2-1-3-5-17/h1-7,12,24H,8-11,13-14H2. The maximum atomic E-state index is 12.9. The summed E-state index contributed by atoms with van der Waals surface area (Å²) in [4.78, 5) is 13.2. The van der Waals surface area contributed by atoms with E-state index < -0.39 is 9.84 Å². The second-order valence-electron chi connectivity index (χ2n) is 6.64. The van der Waals surface area contributed by atoms with Gasteiger partial charge in [0.25, 0.3) is 0 Å². The van der Waals surface area contributed by atoms with E-state index in [1.807, 2.05) is 12.1 Å². The summed E-state index contributed by atoms with van der Waals surface area (Å²) in [6.07, 6.45) is 0. The normalized spacial score (nSPS) is 14.9. The molecule has 9 heteroatoms. The molecule has 3 aromatic rings. The Morgan fingerprint density at radius 3 is 2.52 bits per heavy atom. The molecule has 1 aromatic carbocycles. The van der Waals surface area contributed by atoms with E-state index in [4.69, 9.17) is 4.74 Å². The van der Waals surface area contributed by atoms with Crippen molar-refractivity contribution in [3.63, 3.8) is 0 Å². The van der Waals surface area contributed by atoms with Gasteiger partial charge in [-0.05, 0) is 24.3 Å². The molecule has 3 heterocycles. The molecule has 1 fully saturated rings. The van der Waals surface area contributed by atoms with Crippen molar-refractivity contribution >= 4 is 27.0 Å². The van der Waals surface area contributed by atoms with Crippen molar-refractivity contribution in [1.29, 1.82) is 0 Å². The van der Waals surface area contributed by atoms with E-state index in [2.05, 4.69) is 14.9 Å². The molecular weight excluding hydrogens is 410 g/mol. The molecule has 2 aromatic heterocycles. The van der Waals surface area contributed by atoms with Crippen molar-refractivity contribution in [2.45, 2.75) is 17.3 Å². The van der Waals surface area contributed by atoms with Gasteiger partial charge in [-0.25, -0.2) is 18.4 Å². The minimum absolute atomic E-state index is 0.0525. The Hall–Kier alpha value is -2.33. The van der Waals surface area contributed by atoms with Gasteiger partial charge in [0, 0.05) is 24.0 Å². The Morgan fingerprint density at radius 2 is 1.83 bits per heavy atom. The van der Waals surface area contributed by atoms with E-state index in [0.717, 1.165) is 9.75 Å². The quantitative estimate of drug-likeness (QED) is 0.641. The van der Waals surface area contributed by atoms with Crippen LogP contribution in [0.3, 0.4) is 0 Å². The van der Waals surface area contributed by atoms with E-state index in [-0.39, 0.29) is 17.3 Å². The monoisotopic (exact) mass is 431 g/mol. The van der Waals surface area contributed by atoms with Crippen LogP contribution >= 0.6 is 11.3 Å². The van der Waals surface area contributed by atoms with Crippen LogP contribution in [0.5, 0.6) is 0 Å². The molecule has 1 N–H and O–H groups in total. The number of hydrogen-bond acceptors (Lipinski definition) is 8. The van der Waals surface area contributed by atoms with Gasteiger partial charge in [0.1, 0.15) is 5.82 Å². The smallest absolute Gasteiger partial charge is 0.184 e. The van der Waals surface area contributed by atoms with Crippen LogP contribution in [-0.4, -0.2) is 49.8 Å². The molecule has 0 bridgehead atoms. The van der Waals surface area contributed by atoms with E-state index in [1.54, 1.807) is 36.4 Å². The summed E-state index contributed by atoms with van der Waals surface area (Å²) in [5.74, 6) is 0.953. The lowest BCUT2D eigenvalue weighted by molar-refractivity contribution is 0.122. The number of rotatable bonds is 6. The first-order chi connectivity index (χ1) is 14.0. The number of benzene rings is 1. The van der Waals surface area contributed by atoms with Gasteiger partial charge >= 0.3 is 0 Å². The molecular formula is C20H21N3O4S2. The van der Waals surface area contributed by atoms with Gasteiger partial charge in [0.05, 0.1) is 41.0 Å². The van der Waals surface area contributed by atoms with E-state index >= 15 is 0 Å². The molecule has 1 aliphatic rings. The van der Waals surface area contributed by atoms with Crippen LogP contribution in [0.1, 0.15) is 10.6 Å². The van der Waals surface area contributed by atoms with E-state index in [0.29, 0.717) is 43.6 Å². The zero-order valence-electron chi connectivity index (χ0n) is 15.7. The van der Waals surface area contributed by atoms with Crippen molar-refractivity contribution in [3.8, 4) is 10.7 Å². The molecule has 0 aliphatic carbocycles. The highest BCUT2D eigenvalue weighted by molar-refractivity contribution is 7.90. The maximum absolute atomic E-state index is 12.9. The largest absolute Gasteiger partial charge is 0.391 e. The summed E-state index contributed by atoms with van der Waals surface area (Å²) < 4.78 is 31.1. The zero-order valence-corrected chi connectivity index (χ0v) is 17.3. The lowest BCUT2D eigenvalue weighted by Crippen LogP contribution is -2.37. The van der Waals surface area contributed by atoms with Crippen LogP contribution in [-0.2, 0) is 26.9 Å². The number of nitrogens with zero attached hydrogens (tertiary/aromatic N) is 3. The Labute approximate surface area is 173 Å². The number of aliphatic hydroxyl groups excluding tert-OH is 1. The topological polar surface area (TPSA) is 92.6 Å². The van der Waals surface area contributed by atoms with Crippen LogP contribution in [0, 0.1) is 0 Å². The predicted octanol–water partition coefficient (Wildman–Crippen LogP) is 2.51. The molecule has 0 radical (unpaired) electrons. The third kappa shape index (κ3) is 4.64. The van der Waals surface area contributed by atoms with Crippen LogP contribution < -0.4 is 4.90 Å². The van der Waals surface area contributed by atoms with Crippen molar-refractivity contribution in [2.24, 2.45) is 0 Å². The van der Waals surface area contributed by atoms with Crippen molar-refractivity contribution in [1.82, 2.24) is 9.97 Å². The lowest BCUT2D eigenvalue weighted by atomic mass is 10.3. The predicted molar refractivity (Wildman–Crippen MR) is 112 cm³/mol. The second kappa shape index (κ2) is 8.58. The summed E-state index contributed by atoms with van der Waals surface area (Å²) in [6, 6.07) is 13.8. The first-order valence-corrected chi connectivity index (χ1v) is 11.7. The number of ether oxygens (including phenoxy) is 1. The minimum atomic E-state index is -3.53. The van der Waals surface area contributed by atoms with Gasteiger partial charge in [-0.1, -0.05) is 18.2 Å². The first kappa shape index (κ1) is 20.0. The molecule has 152 valence electrons. The Kier molecular flexibility index (Phi) is 5.91. The SMILES string of the molecule is O=S(=O)(Cc1cc(N2CCOCC2)nc(-c2ccc(CO)s2)n1)c1ccccc1. The Balaban J connectivity index is 1.73. The van der Waals surface area contributed by atoms with Crippen LogP contribution in [0.25, 0.3) is 10.7 Å². The van der Waals surface area contributed by atoms with Crippen molar-refractivity contribution in [3.05, 3.63) is 59.1 Å². The number of aliphatic hydroxyl groups is 1. The highest BCUT2D eigenvalue weighted by atomic mass is 32.2. The summed E-state index contributed by atoms with van der Waals surface area (Å²) >= 11 is 1.40. The van der Waals surface area contributed by atoms with Crippen LogP contribution in [0.15, 0.2) is 53.4 Å². The molecule has 0 atom stereocenters. The van der Waals surface area contributed by atoms with Gasteiger partial charge in [0.15, 0.2) is 15.7 Å².